The SMILES string of the molecule is CCCC(N)(Cc1ccc(Cl)c(Cl)c1)Nc1ccc(Br)cn1. The fourth-order valence-corrected chi connectivity index (χ4v) is 2.92. The van der Waals surface area contributed by atoms with Crippen LogP contribution in [0.15, 0.2) is 41.0 Å². The molecule has 3 nitrogen and oxygen atoms in total. The molecule has 118 valence electrons. The zero-order valence-corrected chi connectivity index (χ0v) is 15.3. The summed E-state index contributed by atoms with van der Waals surface area (Å²) in [5.74, 6) is 0.749. The Morgan fingerprint density at radius 3 is 2.59 bits per heavy atom. The molecule has 3 N–H and O–H groups in total. The lowest BCUT2D eigenvalue weighted by Crippen LogP contribution is -2.49. The van der Waals surface area contributed by atoms with Gasteiger partial charge in [-0.1, -0.05) is 42.6 Å². The molecule has 1 atom stereocenters. The third kappa shape index (κ3) is 4.85. The van der Waals surface area contributed by atoms with Crippen LogP contribution in [0.1, 0.15) is 25.3 Å². The molecular formula is C16H18BrCl2N3. The fourth-order valence-electron chi connectivity index (χ4n) is 2.36. The quantitative estimate of drug-likeness (QED) is 0.647. The number of hydrogen-bond donors (Lipinski definition) is 2. The van der Waals surface area contributed by atoms with Gasteiger partial charge in [0.15, 0.2) is 0 Å². The van der Waals surface area contributed by atoms with Gasteiger partial charge in [-0.25, -0.2) is 4.98 Å². The Balaban J connectivity index is 2.19. The molecule has 2 aromatic rings. The normalized spacial score (nSPS) is 13.7. The standard InChI is InChI=1S/C16H18BrCl2N3/c1-2-7-16(20,22-15-6-4-12(17)10-21-15)9-11-3-5-13(18)14(19)8-11/h3-6,8,10H,2,7,9,20H2,1H3,(H,21,22). The first-order valence-electron chi connectivity index (χ1n) is 7.04. The highest BCUT2D eigenvalue weighted by atomic mass is 79.9. The van der Waals surface area contributed by atoms with Gasteiger partial charge in [0.05, 0.1) is 15.7 Å². The lowest BCUT2D eigenvalue weighted by Gasteiger charge is -2.31. The summed E-state index contributed by atoms with van der Waals surface area (Å²) < 4.78 is 0.931. The maximum Gasteiger partial charge on any atom is 0.127 e. The molecule has 0 bridgehead atoms. The lowest BCUT2D eigenvalue weighted by molar-refractivity contribution is 0.437. The van der Waals surface area contributed by atoms with Crippen molar-refractivity contribution in [1.29, 1.82) is 0 Å². The third-order valence-electron chi connectivity index (χ3n) is 3.30. The smallest absolute Gasteiger partial charge is 0.127 e. The van der Waals surface area contributed by atoms with Gasteiger partial charge in [0.1, 0.15) is 5.82 Å². The van der Waals surface area contributed by atoms with Crippen LogP contribution in [0.3, 0.4) is 0 Å². The number of nitrogens with zero attached hydrogens (tertiary/aromatic N) is 1. The molecule has 6 heteroatoms. The zero-order valence-electron chi connectivity index (χ0n) is 12.2. The van der Waals surface area contributed by atoms with Gasteiger partial charge in [-0.15, -0.1) is 0 Å². The van der Waals surface area contributed by atoms with Gasteiger partial charge < -0.3 is 11.1 Å². The predicted molar refractivity (Wildman–Crippen MR) is 97.6 cm³/mol. The Bertz CT molecular complexity index is 634. The van der Waals surface area contributed by atoms with E-state index in [9.17, 15) is 0 Å². The summed E-state index contributed by atoms with van der Waals surface area (Å²) in [5.41, 5.74) is 7.01. The van der Waals surface area contributed by atoms with E-state index in [1.807, 2.05) is 24.3 Å². The maximum atomic E-state index is 6.56. The van der Waals surface area contributed by atoms with E-state index in [2.05, 4.69) is 33.2 Å². The first-order valence-corrected chi connectivity index (χ1v) is 8.59. The summed E-state index contributed by atoms with van der Waals surface area (Å²) in [6, 6.07) is 9.43. The molecule has 0 aliphatic carbocycles. The van der Waals surface area contributed by atoms with Crippen molar-refractivity contribution in [2.75, 3.05) is 5.32 Å². The Morgan fingerprint density at radius 1 is 1.23 bits per heavy atom. The van der Waals surface area contributed by atoms with Gasteiger partial charge in [0, 0.05) is 17.1 Å². The highest BCUT2D eigenvalue weighted by molar-refractivity contribution is 9.10. The second-order valence-electron chi connectivity index (χ2n) is 5.32. The van der Waals surface area contributed by atoms with Crippen LogP contribution in [0.25, 0.3) is 0 Å². The zero-order chi connectivity index (χ0) is 16.2. The number of nitrogens with one attached hydrogen (secondary N) is 1. The summed E-state index contributed by atoms with van der Waals surface area (Å²) >= 11 is 15.4. The summed E-state index contributed by atoms with van der Waals surface area (Å²) in [4.78, 5) is 4.33. The van der Waals surface area contributed by atoms with Crippen molar-refractivity contribution in [2.24, 2.45) is 5.73 Å². The molecule has 22 heavy (non-hydrogen) atoms. The van der Waals surface area contributed by atoms with E-state index in [4.69, 9.17) is 28.9 Å². The van der Waals surface area contributed by atoms with Gasteiger partial charge in [-0.3, -0.25) is 0 Å². The largest absolute Gasteiger partial charge is 0.352 e. The van der Waals surface area contributed by atoms with Crippen LogP contribution in [0.4, 0.5) is 5.82 Å². The van der Waals surface area contributed by atoms with Crippen molar-refractivity contribution in [3.63, 3.8) is 0 Å². The molecule has 2 rings (SSSR count). The minimum absolute atomic E-state index is 0.541. The van der Waals surface area contributed by atoms with E-state index in [1.165, 1.54) is 0 Å². The Morgan fingerprint density at radius 2 is 2.00 bits per heavy atom. The first-order chi connectivity index (χ1) is 10.4. The topological polar surface area (TPSA) is 50.9 Å². The molecule has 0 saturated heterocycles. The first kappa shape index (κ1) is 17.5. The molecule has 1 unspecified atom stereocenters. The third-order valence-corrected chi connectivity index (χ3v) is 4.51. The minimum atomic E-state index is -0.591. The number of hydrogen-bond acceptors (Lipinski definition) is 3. The van der Waals surface area contributed by atoms with E-state index in [0.29, 0.717) is 16.5 Å². The van der Waals surface area contributed by atoms with Crippen LogP contribution in [-0.2, 0) is 6.42 Å². The molecule has 0 saturated carbocycles. The average Bonchev–Trinajstić information content (AvgIpc) is 2.46. The molecule has 0 aliphatic rings. The summed E-state index contributed by atoms with van der Waals surface area (Å²) in [7, 11) is 0. The average molecular weight is 403 g/mol. The van der Waals surface area contributed by atoms with Crippen molar-refractivity contribution in [3.8, 4) is 0 Å². The van der Waals surface area contributed by atoms with Crippen molar-refractivity contribution < 1.29 is 0 Å². The van der Waals surface area contributed by atoms with Crippen LogP contribution >= 0.6 is 39.1 Å². The number of rotatable bonds is 6. The number of benzene rings is 1. The predicted octanol–water partition coefficient (Wildman–Crippen LogP) is 5.26. The molecule has 1 heterocycles. The van der Waals surface area contributed by atoms with Crippen molar-refractivity contribution in [1.82, 2.24) is 4.98 Å². The molecule has 1 aromatic heterocycles. The van der Waals surface area contributed by atoms with Gasteiger partial charge in [-0.2, -0.15) is 0 Å². The fraction of sp³-hybridized carbons (Fsp3) is 0.312. The number of aromatic nitrogens is 1. The Labute approximate surface area is 149 Å². The molecule has 0 amide bonds. The minimum Gasteiger partial charge on any atom is -0.352 e. The number of nitrogens with two attached hydrogens (primary N) is 1. The van der Waals surface area contributed by atoms with Gasteiger partial charge >= 0.3 is 0 Å². The van der Waals surface area contributed by atoms with Gasteiger partial charge in [0.2, 0.25) is 0 Å². The van der Waals surface area contributed by atoms with Crippen molar-refractivity contribution in [3.05, 3.63) is 56.6 Å². The molecule has 0 fully saturated rings. The molecule has 0 radical (unpaired) electrons. The monoisotopic (exact) mass is 401 g/mol. The lowest BCUT2D eigenvalue weighted by atomic mass is 9.95. The van der Waals surface area contributed by atoms with Crippen LogP contribution in [-0.4, -0.2) is 10.6 Å². The van der Waals surface area contributed by atoms with E-state index in [-0.39, 0.29) is 0 Å². The summed E-state index contributed by atoms with van der Waals surface area (Å²) in [6.45, 7) is 2.10. The highest BCUT2D eigenvalue weighted by Gasteiger charge is 2.25. The second-order valence-corrected chi connectivity index (χ2v) is 7.05. The van der Waals surface area contributed by atoms with Crippen LogP contribution in [0.2, 0.25) is 10.0 Å². The van der Waals surface area contributed by atoms with Crippen molar-refractivity contribution in [2.45, 2.75) is 31.8 Å². The molecule has 0 spiro atoms. The van der Waals surface area contributed by atoms with Gasteiger partial charge in [0.25, 0.3) is 0 Å². The number of halogens is 3. The summed E-state index contributed by atoms with van der Waals surface area (Å²) in [5, 5.41) is 4.42. The van der Waals surface area contributed by atoms with Gasteiger partial charge in [-0.05, 0) is 52.2 Å². The van der Waals surface area contributed by atoms with Crippen molar-refractivity contribution >= 4 is 44.9 Å². The summed E-state index contributed by atoms with van der Waals surface area (Å²) in [6.07, 6.45) is 4.15. The number of anilines is 1. The van der Waals surface area contributed by atoms with Crippen LogP contribution in [0, 0.1) is 0 Å². The van der Waals surface area contributed by atoms with E-state index < -0.39 is 5.66 Å². The second kappa shape index (κ2) is 7.64. The van der Waals surface area contributed by atoms with E-state index in [0.717, 1.165) is 28.7 Å². The highest BCUT2D eigenvalue weighted by Crippen LogP contribution is 2.26. The Kier molecular flexibility index (Phi) is 6.09. The number of pyridine rings is 1. The molecule has 0 aliphatic heterocycles. The van der Waals surface area contributed by atoms with E-state index in [1.54, 1.807) is 12.3 Å². The maximum absolute atomic E-state index is 6.56. The van der Waals surface area contributed by atoms with Crippen LogP contribution < -0.4 is 11.1 Å². The molecular weight excluding hydrogens is 385 g/mol. The van der Waals surface area contributed by atoms with Crippen LogP contribution in [0.5, 0.6) is 0 Å². The Hall–Kier alpha value is -0.810. The molecule has 1 aromatic carbocycles. The van der Waals surface area contributed by atoms with E-state index >= 15 is 0 Å².